The molecule has 1 aliphatic carbocycles. The number of aryl methyl sites for hydroxylation is 2. The summed E-state index contributed by atoms with van der Waals surface area (Å²) in [5.41, 5.74) is 5.47. The van der Waals surface area contributed by atoms with E-state index in [0.717, 1.165) is 12.6 Å². The second-order valence-electron chi connectivity index (χ2n) is 5.01. The fourth-order valence-corrected chi connectivity index (χ4v) is 1.90. The van der Waals surface area contributed by atoms with Gasteiger partial charge in [-0.2, -0.15) is 0 Å². The van der Waals surface area contributed by atoms with Crippen LogP contribution in [0, 0.1) is 13.8 Å². The molecule has 1 aliphatic rings. The van der Waals surface area contributed by atoms with Gasteiger partial charge in [0.2, 0.25) is 0 Å². The zero-order chi connectivity index (χ0) is 11.5. The zero-order valence-corrected chi connectivity index (χ0v) is 10.5. The van der Waals surface area contributed by atoms with Crippen LogP contribution in [0.25, 0.3) is 6.08 Å². The van der Waals surface area contributed by atoms with E-state index in [9.17, 15) is 0 Å². The van der Waals surface area contributed by atoms with E-state index in [4.69, 9.17) is 0 Å². The van der Waals surface area contributed by atoms with Crippen LogP contribution in [-0.4, -0.2) is 12.6 Å². The standard InChI is InChI=1S/C15H21N/c1-11-4-5-14(13(3)8-11)9-12(2)10-16-15-6-7-15/h4-5,8-9,15-16H,6-7,10H2,1-3H3. The molecule has 1 fully saturated rings. The van der Waals surface area contributed by atoms with E-state index in [1.54, 1.807) is 0 Å². The largest absolute Gasteiger partial charge is 0.310 e. The molecule has 1 N–H and O–H groups in total. The maximum absolute atomic E-state index is 3.54. The van der Waals surface area contributed by atoms with Crippen LogP contribution < -0.4 is 5.32 Å². The quantitative estimate of drug-likeness (QED) is 0.811. The Balaban J connectivity index is 2.01. The minimum atomic E-state index is 0.794. The zero-order valence-electron chi connectivity index (χ0n) is 10.5. The van der Waals surface area contributed by atoms with Crippen LogP contribution in [0.1, 0.15) is 36.5 Å². The molecule has 1 saturated carbocycles. The Morgan fingerprint density at radius 2 is 2.12 bits per heavy atom. The van der Waals surface area contributed by atoms with E-state index in [1.165, 1.54) is 35.1 Å². The van der Waals surface area contributed by atoms with Gasteiger partial charge in [0.15, 0.2) is 0 Å². The maximum atomic E-state index is 3.54. The summed E-state index contributed by atoms with van der Waals surface area (Å²) < 4.78 is 0. The first-order valence-corrected chi connectivity index (χ1v) is 6.13. The maximum Gasteiger partial charge on any atom is 0.0167 e. The molecule has 0 bridgehead atoms. The summed E-state index contributed by atoms with van der Waals surface area (Å²) in [6, 6.07) is 7.43. The normalized spacial score (nSPS) is 16.6. The van der Waals surface area contributed by atoms with Crippen molar-refractivity contribution >= 4 is 6.08 Å². The number of nitrogens with one attached hydrogen (secondary N) is 1. The minimum Gasteiger partial charge on any atom is -0.310 e. The van der Waals surface area contributed by atoms with Crippen molar-refractivity contribution in [2.24, 2.45) is 0 Å². The third kappa shape index (κ3) is 3.21. The SMILES string of the molecule is CC(=Cc1ccc(C)cc1C)CNC1CC1. The molecule has 1 aromatic rings. The molecule has 86 valence electrons. The van der Waals surface area contributed by atoms with Gasteiger partial charge >= 0.3 is 0 Å². The highest BCUT2D eigenvalue weighted by atomic mass is 14.9. The number of hydrogen-bond donors (Lipinski definition) is 1. The van der Waals surface area contributed by atoms with Gasteiger partial charge in [-0.1, -0.05) is 35.4 Å². The van der Waals surface area contributed by atoms with Crippen LogP contribution in [0.4, 0.5) is 0 Å². The summed E-state index contributed by atoms with van der Waals surface area (Å²) in [6.45, 7) is 7.55. The molecule has 0 aliphatic heterocycles. The number of benzene rings is 1. The Hall–Kier alpha value is -1.08. The first-order valence-electron chi connectivity index (χ1n) is 6.13. The van der Waals surface area contributed by atoms with Gasteiger partial charge in [-0.15, -0.1) is 0 Å². The Labute approximate surface area is 98.6 Å². The highest BCUT2D eigenvalue weighted by molar-refractivity contribution is 5.57. The summed E-state index contributed by atoms with van der Waals surface area (Å²) in [4.78, 5) is 0. The van der Waals surface area contributed by atoms with Crippen LogP contribution in [0.15, 0.2) is 23.8 Å². The fourth-order valence-electron chi connectivity index (χ4n) is 1.90. The van der Waals surface area contributed by atoms with Gasteiger partial charge in [0.05, 0.1) is 0 Å². The highest BCUT2D eigenvalue weighted by Gasteiger charge is 2.19. The molecule has 1 heteroatoms. The van der Waals surface area contributed by atoms with Crippen molar-refractivity contribution in [3.8, 4) is 0 Å². The van der Waals surface area contributed by atoms with E-state index in [1.807, 2.05) is 0 Å². The molecule has 0 heterocycles. The van der Waals surface area contributed by atoms with Crippen LogP contribution in [0.5, 0.6) is 0 Å². The Bertz CT molecular complexity index is 400. The van der Waals surface area contributed by atoms with E-state index in [-0.39, 0.29) is 0 Å². The highest BCUT2D eigenvalue weighted by Crippen LogP contribution is 2.19. The van der Waals surface area contributed by atoms with E-state index in [0.29, 0.717) is 0 Å². The average molecular weight is 215 g/mol. The summed E-state index contributed by atoms with van der Waals surface area (Å²) in [5, 5.41) is 3.54. The molecular formula is C15H21N. The third-order valence-electron chi connectivity index (χ3n) is 3.07. The first kappa shape index (κ1) is 11.4. The van der Waals surface area contributed by atoms with Crippen molar-refractivity contribution in [2.45, 2.75) is 39.7 Å². The van der Waals surface area contributed by atoms with Crippen molar-refractivity contribution in [1.29, 1.82) is 0 Å². The Kier molecular flexibility index (Phi) is 3.45. The molecule has 0 aromatic heterocycles. The molecule has 0 radical (unpaired) electrons. The van der Waals surface area contributed by atoms with Crippen molar-refractivity contribution < 1.29 is 0 Å². The second kappa shape index (κ2) is 4.84. The van der Waals surface area contributed by atoms with Gasteiger partial charge in [0.1, 0.15) is 0 Å². The van der Waals surface area contributed by atoms with Crippen LogP contribution in [-0.2, 0) is 0 Å². The fraction of sp³-hybridized carbons (Fsp3) is 0.467. The minimum absolute atomic E-state index is 0.794. The van der Waals surface area contributed by atoms with Crippen molar-refractivity contribution in [3.05, 3.63) is 40.5 Å². The molecule has 2 rings (SSSR count). The monoisotopic (exact) mass is 215 g/mol. The summed E-state index contributed by atoms with van der Waals surface area (Å²) in [7, 11) is 0. The van der Waals surface area contributed by atoms with Crippen molar-refractivity contribution in [3.63, 3.8) is 0 Å². The lowest BCUT2D eigenvalue weighted by atomic mass is 10.0. The average Bonchev–Trinajstić information content (AvgIpc) is 3.03. The first-order chi connectivity index (χ1) is 7.65. The van der Waals surface area contributed by atoms with Crippen LogP contribution in [0.2, 0.25) is 0 Å². The molecule has 0 atom stereocenters. The molecule has 0 amide bonds. The topological polar surface area (TPSA) is 12.0 Å². The molecular weight excluding hydrogens is 194 g/mol. The van der Waals surface area contributed by atoms with Gasteiger partial charge < -0.3 is 5.32 Å². The lowest BCUT2D eigenvalue weighted by Gasteiger charge is -2.06. The lowest BCUT2D eigenvalue weighted by Crippen LogP contribution is -2.18. The Morgan fingerprint density at radius 3 is 2.75 bits per heavy atom. The molecule has 16 heavy (non-hydrogen) atoms. The molecule has 1 aromatic carbocycles. The smallest absolute Gasteiger partial charge is 0.0167 e. The predicted octanol–water partition coefficient (Wildman–Crippen LogP) is 3.46. The van der Waals surface area contributed by atoms with E-state index >= 15 is 0 Å². The van der Waals surface area contributed by atoms with Crippen LogP contribution in [0.3, 0.4) is 0 Å². The predicted molar refractivity (Wildman–Crippen MR) is 70.6 cm³/mol. The molecule has 0 spiro atoms. The van der Waals surface area contributed by atoms with Gasteiger partial charge in [-0.05, 0) is 44.7 Å². The molecule has 1 nitrogen and oxygen atoms in total. The van der Waals surface area contributed by atoms with Gasteiger partial charge in [-0.3, -0.25) is 0 Å². The Morgan fingerprint density at radius 1 is 1.38 bits per heavy atom. The molecule has 0 saturated heterocycles. The van der Waals surface area contributed by atoms with E-state index < -0.39 is 0 Å². The summed E-state index contributed by atoms with van der Waals surface area (Å²) in [5.74, 6) is 0. The van der Waals surface area contributed by atoms with Crippen molar-refractivity contribution in [2.75, 3.05) is 6.54 Å². The summed E-state index contributed by atoms with van der Waals surface area (Å²) in [6.07, 6.45) is 5.01. The lowest BCUT2D eigenvalue weighted by molar-refractivity contribution is 0.736. The summed E-state index contributed by atoms with van der Waals surface area (Å²) >= 11 is 0. The number of hydrogen-bond acceptors (Lipinski definition) is 1. The van der Waals surface area contributed by atoms with Gasteiger partial charge in [-0.25, -0.2) is 0 Å². The van der Waals surface area contributed by atoms with Crippen LogP contribution >= 0.6 is 0 Å². The number of rotatable bonds is 4. The van der Waals surface area contributed by atoms with Gasteiger partial charge in [0, 0.05) is 12.6 Å². The van der Waals surface area contributed by atoms with Crippen molar-refractivity contribution in [1.82, 2.24) is 5.32 Å². The third-order valence-corrected chi connectivity index (χ3v) is 3.07. The van der Waals surface area contributed by atoms with E-state index in [2.05, 4.69) is 50.4 Å². The van der Waals surface area contributed by atoms with Gasteiger partial charge in [0.25, 0.3) is 0 Å². The second-order valence-corrected chi connectivity index (χ2v) is 5.01. The molecule has 0 unspecified atom stereocenters.